The summed E-state index contributed by atoms with van der Waals surface area (Å²) in [5.41, 5.74) is 0.980. The van der Waals surface area contributed by atoms with Gasteiger partial charge in [0.15, 0.2) is 0 Å². The summed E-state index contributed by atoms with van der Waals surface area (Å²) in [5.74, 6) is 0.594. The van der Waals surface area contributed by atoms with Gasteiger partial charge in [0.25, 0.3) is 5.56 Å². The molecule has 1 saturated carbocycles. The van der Waals surface area contributed by atoms with Crippen molar-refractivity contribution in [1.29, 1.82) is 0 Å². The van der Waals surface area contributed by atoms with E-state index in [0.29, 0.717) is 12.5 Å². The maximum atomic E-state index is 12.8. The lowest BCUT2D eigenvalue weighted by Gasteiger charge is -2.30. The van der Waals surface area contributed by atoms with Crippen molar-refractivity contribution in [3.8, 4) is 0 Å². The summed E-state index contributed by atoms with van der Waals surface area (Å²) in [6.07, 6.45) is 4.04. The lowest BCUT2D eigenvalue weighted by atomic mass is 10.1. The lowest BCUT2D eigenvalue weighted by molar-refractivity contribution is -0.135. The van der Waals surface area contributed by atoms with Gasteiger partial charge in [0.05, 0.1) is 0 Å². The molecule has 1 fully saturated rings. The molecule has 0 radical (unpaired) electrons. The van der Waals surface area contributed by atoms with Gasteiger partial charge < -0.3 is 9.47 Å². The predicted molar refractivity (Wildman–Crippen MR) is 89.9 cm³/mol. The van der Waals surface area contributed by atoms with Crippen LogP contribution in [0.4, 0.5) is 0 Å². The number of hydrogen-bond acceptors (Lipinski definition) is 2. The number of carbonyl (C=O) groups excluding carboxylic acids is 1. The summed E-state index contributed by atoms with van der Waals surface area (Å²) in [4.78, 5) is 26.6. The summed E-state index contributed by atoms with van der Waals surface area (Å²) in [7, 11) is 0. The fourth-order valence-corrected chi connectivity index (χ4v) is 2.90. The highest BCUT2D eigenvalue weighted by Crippen LogP contribution is 2.35. The van der Waals surface area contributed by atoms with Crippen molar-refractivity contribution in [1.82, 2.24) is 9.47 Å². The maximum absolute atomic E-state index is 12.8. The molecular formula is C19H22N2O2. The third kappa shape index (κ3) is 3.89. The van der Waals surface area contributed by atoms with E-state index >= 15 is 0 Å². The Morgan fingerprint density at radius 1 is 1.17 bits per heavy atom. The Balaban J connectivity index is 1.78. The van der Waals surface area contributed by atoms with Crippen molar-refractivity contribution in [2.45, 2.75) is 38.9 Å². The monoisotopic (exact) mass is 310 g/mol. The van der Waals surface area contributed by atoms with Gasteiger partial charge >= 0.3 is 0 Å². The van der Waals surface area contributed by atoms with Gasteiger partial charge in [-0.2, -0.15) is 0 Å². The number of aromatic nitrogens is 1. The summed E-state index contributed by atoms with van der Waals surface area (Å²) in [5, 5.41) is 0. The van der Waals surface area contributed by atoms with Gasteiger partial charge in [-0.1, -0.05) is 36.4 Å². The van der Waals surface area contributed by atoms with Crippen LogP contribution in [0.3, 0.4) is 0 Å². The van der Waals surface area contributed by atoms with E-state index in [1.807, 2.05) is 35.2 Å². The highest BCUT2D eigenvalue weighted by Gasteiger charge is 2.34. The van der Waals surface area contributed by atoms with Gasteiger partial charge in [0, 0.05) is 24.8 Å². The van der Waals surface area contributed by atoms with E-state index in [2.05, 4.69) is 6.92 Å². The van der Waals surface area contributed by atoms with E-state index in [9.17, 15) is 9.59 Å². The first-order valence-electron chi connectivity index (χ1n) is 8.14. The van der Waals surface area contributed by atoms with Gasteiger partial charge in [-0.15, -0.1) is 0 Å². The smallest absolute Gasteiger partial charge is 0.250 e. The Labute approximate surface area is 136 Å². The third-order valence-electron chi connectivity index (χ3n) is 4.52. The molecule has 0 aliphatic heterocycles. The molecule has 3 rings (SSSR count). The van der Waals surface area contributed by atoms with Crippen LogP contribution in [0.5, 0.6) is 0 Å². The summed E-state index contributed by atoms with van der Waals surface area (Å²) in [6, 6.07) is 15.2. The van der Waals surface area contributed by atoms with Crippen LogP contribution in [0.1, 0.15) is 25.3 Å². The quantitative estimate of drug-likeness (QED) is 0.823. The lowest BCUT2D eigenvalue weighted by Crippen LogP contribution is -2.42. The molecule has 120 valence electrons. The van der Waals surface area contributed by atoms with Crippen LogP contribution < -0.4 is 5.56 Å². The van der Waals surface area contributed by atoms with Crippen molar-refractivity contribution in [2.24, 2.45) is 5.92 Å². The van der Waals surface area contributed by atoms with E-state index in [-0.39, 0.29) is 24.1 Å². The maximum Gasteiger partial charge on any atom is 0.250 e. The van der Waals surface area contributed by atoms with Gasteiger partial charge in [-0.25, -0.2) is 0 Å². The molecule has 0 bridgehead atoms. The highest BCUT2D eigenvalue weighted by atomic mass is 16.2. The SMILES string of the molecule is CC(C1CC1)N(Cc1ccccc1)C(=O)Cn1ccccc1=O. The van der Waals surface area contributed by atoms with Gasteiger partial charge in [0.1, 0.15) is 6.54 Å². The van der Waals surface area contributed by atoms with Crippen molar-refractivity contribution in [3.05, 3.63) is 70.6 Å². The summed E-state index contributed by atoms with van der Waals surface area (Å²) in [6.45, 7) is 2.81. The van der Waals surface area contributed by atoms with E-state index in [0.717, 1.165) is 5.56 Å². The second-order valence-electron chi connectivity index (χ2n) is 6.25. The molecule has 1 aliphatic rings. The van der Waals surface area contributed by atoms with E-state index in [1.165, 1.54) is 23.5 Å². The minimum absolute atomic E-state index is 0.00144. The molecule has 1 atom stereocenters. The van der Waals surface area contributed by atoms with Crippen molar-refractivity contribution in [3.63, 3.8) is 0 Å². The zero-order valence-corrected chi connectivity index (χ0v) is 13.4. The van der Waals surface area contributed by atoms with Crippen molar-refractivity contribution in [2.75, 3.05) is 0 Å². The Bertz CT molecular complexity index is 719. The second-order valence-corrected chi connectivity index (χ2v) is 6.25. The Hall–Kier alpha value is -2.36. The van der Waals surface area contributed by atoms with Crippen LogP contribution in [0.2, 0.25) is 0 Å². The number of pyridine rings is 1. The number of rotatable bonds is 6. The van der Waals surface area contributed by atoms with Crippen LogP contribution in [0.15, 0.2) is 59.5 Å². The van der Waals surface area contributed by atoms with Gasteiger partial charge in [-0.3, -0.25) is 9.59 Å². The zero-order chi connectivity index (χ0) is 16.2. The second kappa shape index (κ2) is 6.82. The van der Waals surface area contributed by atoms with Crippen molar-refractivity contribution < 1.29 is 4.79 Å². The number of carbonyl (C=O) groups is 1. The molecule has 4 heteroatoms. The minimum atomic E-state index is -0.139. The van der Waals surface area contributed by atoms with Crippen LogP contribution in [-0.4, -0.2) is 21.4 Å². The molecule has 1 unspecified atom stereocenters. The standard InChI is InChI=1S/C19H22N2O2/c1-15(17-10-11-17)21(13-16-7-3-2-4-8-16)19(23)14-20-12-6-5-9-18(20)22/h2-9,12,15,17H,10-11,13-14H2,1H3. The number of nitrogens with zero attached hydrogens (tertiary/aromatic N) is 2. The largest absolute Gasteiger partial charge is 0.334 e. The molecule has 23 heavy (non-hydrogen) atoms. The first kappa shape index (κ1) is 15.5. The van der Waals surface area contributed by atoms with E-state index in [1.54, 1.807) is 18.3 Å². The Morgan fingerprint density at radius 2 is 1.87 bits per heavy atom. The molecule has 0 N–H and O–H groups in total. The molecule has 1 aliphatic carbocycles. The normalized spacial score (nSPS) is 15.2. The first-order valence-corrected chi connectivity index (χ1v) is 8.14. The number of benzene rings is 1. The summed E-state index contributed by atoms with van der Waals surface area (Å²) < 4.78 is 1.47. The molecular weight excluding hydrogens is 288 g/mol. The Morgan fingerprint density at radius 3 is 2.52 bits per heavy atom. The molecule has 0 spiro atoms. The predicted octanol–water partition coefficient (Wildman–Crippen LogP) is 2.68. The van der Waals surface area contributed by atoms with Crippen LogP contribution in [-0.2, 0) is 17.9 Å². The molecule has 0 saturated heterocycles. The number of amides is 1. The zero-order valence-electron chi connectivity index (χ0n) is 13.4. The van der Waals surface area contributed by atoms with Gasteiger partial charge in [0.2, 0.25) is 5.91 Å². The van der Waals surface area contributed by atoms with Crippen LogP contribution in [0, 0.1) is 5.92 Å². The fraction of sp³-hybridized carbons (Fsp3) is 0.368. The topological polar surface area (TPSA) is 42.3 Å². The fourth-order valence-electron chi connectivity index (χ4n) is 2.90. The van der Waals surface area contributed by atoms with E-state index in [4.69, 9.17) is 0 Å². The highest BCUT2D eigenvalue weighted by molar-refractivity contribution is 5.76. The number of hydrogen-bond donors (Lipinski definition) is 0. The molecule has 4 nitrogen and oxygen atoms in total. The molecule has 1 aromatic carbocycles. The Kier molecular flexibility index (Phi) is 4.60. The average molecular weight is 310 g/mol. The molecule has 2 aromatic rings. The molecule has 1 aromatic heterocycles. The van der Waals surface area contributed by atoms with Crippen LogP contribution >= 0.6 is 0 Å². The first-order chi connectivity index (χ1) is 11.1. The van der Waals surface area contributed by atoms with E-state index < -0.39 is 0 Å². The van der Waals surface area contributed by atoms with Crippen molar-refractivity contribution >= 4 is 5.91 Å². The molecule has 1 amide bonds. The third-order valence-corrected chi connectivity index (χ3v) is 4.52. The summed E-state index contributed by atoms with van der Waals surface area (Å²) >= 11 is 0. The van der Waals surface area contributed by atoms with Gasteiger partial charge in [-0.05, 0) is 37.3 Å². The molecule has 1 heterocycles. The van der Waals surface area contributed by atoms with Crippen LogP contribution in [0.25, 0.3) is 0 Å². The average Bonchev–Trinajstić information content (AvgIpc) is 3.40. The minimum Gasteiger partial charge on any atom is -0.334 e.